The van der Waals surface area contributed by atoms with E-state index in [0.29, 0.717) is 13.1 Å². The Morgan fingerprint density at radius 3 is 1.73 bits per heavy atom. The van der Waals surface area contributed by atoms with Crippen LogP contribution in [-0.2, 0) is 17.9 Å². The first-order chi connectivity index (χ1) is 10.6. The van der Waals surface area contributed by atoms with Crippen LogP contribution in [0.2, 0.25) is 0 Å². The minimum atomic E-state index is -1.06. The lowest BCUT2D eigenvalue weighted by Gasteiger charge is -2.23. The molecular weight excluding hydrogens is 280 g/mol. The first-order valence-corrected chi connectivity index (χ1v) is 6.97. The van der Waals surface area contributed by atoms with E-state index in [0.717, 1.165) is 11.1 Å². The highest BCUT2D eigenvalue weighted by atomic mass is 16.4. The van der Waals surface area contributed by atoms with Crippen molar-refractivity contribution in [3.8, 4) is 0 Å². The van der Waals surface area contributed by atoms with Crippen LogP contribution in [0, 0.1) is 0 Å². The molecule has 0 heterocycles. The molecule has 0 bridgehead atoms. The van der Waals surface area contributed by atoms with Gasteiger partial charge in [0.25, 0.3) is 0 Å². The quantitative estimate of drug-likeness (QED) is 0.860. The molecule has 0 saturated carbocycles. The van der Waals surface area contributed by atoms with Crippen LogP contribution in [0.25, 0.3) is 0 Å². The van der Waals surface area contributed by atoms with Crippen LogP contribution in [0.3, 0.4) is 0 Å². The standard InChI is InChI=1S/C17H18N2O3/c20-16(21)11-18-17(22)19(12-14-7-3-1-4-8-14)13-15-9-5-2-6-10-15/h1-10H,11-13H2,(H,18,22)(H,20,21). The number of nitrogens with zero attached hydrogens (tertiary/aromatic N) is 1. The maximum absolute atomic E-state index is 12.2. The molecule has 114 valence electrons. The zero-order valence-electron chi connectivity index (χ0n) is 12.1. The van der Waals surface area contributed by atoms with Gasteiger partial charge in [-0.3, -0.25) is 4.79 Å². The minimum Gasteiger partial charge on any atom is -0.480 e. The molecule has 0 unspecified atom stereocenters. The number of carbonyl (C=O) groups excluding carboxylic acids is 1. The molecule has 2 rings (SSSR count). The number of benzene rings is 2. The van der Waals surface area contributed by atoms with Crippen LogP contribution >= 0.6 is 0 Å². The van der Waals surface area contributed by atoms with E-state index >= 15 is 0 Å². The highest BCUT2D eigenvalue weighted by Gasteiger charge is 2.15. The summed E-state index contributed by atoms with van der Waals surface area (Å²) in [7, 11) is 0. The second kappa shape index (κ2) is 7.83. The zero-order chi connectivity index (χ0) is 15.8. The summed E-state index contributed by atoms with van der Waals surface area (Å²) in [4.78, 5) is 24.4. The van der Waals surface area contributed by atoms with Gasteiger partial charge in [-0.2, -0.15) is 0 Å². The summed E-state index contributed by atoms with van der Waals surface area (Å²) in [6.45, 7) is 0.446. The number of amides is 2. The van der Waals surface area contributed by atoms with Crippen molar-refractivity contribution < 1.29 is 14.7 Å². The number of aliphatic carboxylic acids is 1. The van der Waals surface area contributed by atoms with Gasteiger partial charge in [0.15, 0.2) is 0 Å². The van der Waals surface area contributed by atoms with Gasteiger partial charge in [-0.1, -0.05) is 60.7 Å². The largest absolute Gasteiger partial charge is 0.480 e. The van der Waals surface area contributed by atoms with E-state index in [9.17, 15) is 9.59 Å². The third kappa shape index (κ3) is 4.94. The molecule has 0 aromatic heterocycles. The van der Waals surface area contributed by atoms with E-state index in [4.69, 9.17) is 5.11 Å². The van der Waals surface area contributed by atoms with E-state index in [1.807, 2.05) is 60.7 Å². The van der Waals surface area contributed by atoms with Gasteiger partial charge < -0.3 is 15.3 Å². The molecular formula is C17H18N2O3. The Bertz CT molecular complexity index is 573. The Morgan fingerprint density at radius 2 is 1.32 bits per heavy atom. The average Bonchev–Trinajstić information content (AvgIpc) is 2.54. The molecule has 0 fully saturated rings. The predicted molar refractivity (Wildman–Crippen MR) is 83.2 cm³/mol. The van der Waals surface area contributed by atoms with Crippen molar-refractivity contribution in [3.63, 3.8) is 0 Å². The molecule has 22 heavy (non-hydrogen) atoms. The molecule has 0 aliphatic carbocycles. The monoisotopic (exact) mass is 298 g/mol. The first-order valence-electron chi connectivity index (χ1n) is 6.97. The van der Waals surface area contributed by atoms with Crippen molar-refractivity contribution in [1.82, 2.24) is 10.2 Å². The molecule has 2 aromatic carbocycles. The maximum Gasteiger partial charge on any atom is 0.323 e. The van der Waals surface area contributed by atoms with Crippen molar-refractivity contribution in [2.45, 2.75) is 13.1 Å². The third-order valence-corrected chi connectivity index (χ3v) is 3.11. The number of hydrogen-bond donors (Lipinski definition) is 2. The van der Waals surface area contributed by atoms with Gasteiger partial charge >= 0.3 is 12.0 Å². The lowest BCUT2D eigenvalue weighted by Crippen LogP contribution is -2.41. The zero-order valence-corrected chi connectivity index (χ0v) is 12.1. The minimum absolute atomic E-state index is 0.390. The molecule has 0 radical (unpaired) electrons. The molecule has 0 aliphatic rings. The Balaban J connectivity index is 2.09. The van der Waals surface area contributed by atoms with Crippen LogP contribution in [-0.4, -0.2) is 28.6 Å². The molecule has 2 amide bonds. The van der Waals surface area contributed by atoms with Crippen molar-refractivity contribution in [2.75, 3.05) is 6.54 Å². The normalized spacial score (nSPS) is 10.0. The SMILES string of the molecule is O=C(O)CNC(=O)N(Cc1ccccc1)Cc1ccccc1. The Morgan fingerprint density at radius 1 is 0.864 bits per heavy atom. The van der Waals surface area contributed by atoms with Crippen molar-refractivity contribution in [3.05, 3.63) is 71.8 Å². The summed E-state index contributed by atoms with van der Waals surface area (Å²) >= 11 is 0. The maximum atomic E-state index is 12.2. The second-order valence-corrected chi connectivity index (χ2v) is 4.88. The summed E-state index contributed by atoms with van der Waals surface area (Å²) in [5, 5.41) is 11.1. The Hall–Kier alpha value is -2.82. The average molecular weight is 298 g/mol. The number of rotatable bonds is 6. The number of carboxylic acids is 1. The van der Waals surface area contributed by atoms with Gasteiger partial charge in [0.05, 0.1) is 0 Å². The summed E-state index contributed by atoms with van der Waals surface area (Å²) < 4.78 is 0. The van der Waals surface area contributed by atoms with Crippen molar-refractivity contribution in [2.24, 2.45) is 0 Å². The second-order valence-electron chi connectivity index (χ2n) is 4.88. The summed E-state index contributed by atoms with van der Waals surface area (Å²) in [6, 6.07) is 18.8. The van der Waals surface area contributed by atoms with E-state index in [2.05, 4.69) is 5.32 Å². The lowest BCUT2D eigenvalue weighted by atomic mass is 10.2. The Kier molecular flexibility index (Phi) is 5.54. The first kappa shape index (κ1) is 15.6. The van der Waals surface area contributed by atoms with Crippen molar-refractivity contribution in [1.29, 1.82) is 0 Å². The van der Waals surface area contributed by atoms with Gasteiger partial charge in [-0.05, 0) is 11.1 Å². The fourth-order valence-corrected chi connectivity index (χ4v) is 2.07. The number of hydrogen-bond acceptors (Lipinski definition) is 2. The number of nitrogens with one attached hydrogen (secondary N) is 1. The summed E-state index contributed by atoms with van der Waals surface area (Å²) in [5.74, 6) is -1.06. The lowest BCUT2D eigenvalue weighted by molar-refractivity contribution is -0.135. The topological polar surface area (TPSA) is 69.6 Å². The van der Waals surface area contributed by atoms with Crippen LogP contribution in [0.15, 0.2) is 60.7 Å². The summed E-state index contributed by atoms with van der Waals surface area (Å²) in [5.41, 5.74) is 1.98. The van der Waals surface area contributed by atoms with Gasteiger partial charge in [0, 0.05) is 13.1 Å². The van der Waals surface area contributed by atoms with E-state index < -0.39 is 12.0 Å². The highest BCUT2D eigenvalue weighted by molar-refractivity contribution is 5.79. The number of urea groups is 1. The molecule has 2 aromatic rings. The fourth-order valence-electron chi connectivity index (χ4n) is 2.07. The van der Waals surface area contributed by atoms with Gasteiger partial charge in [-0.15, -0.1) is 0 Å². The predicted octanol–water partition coefficient (Wildman–Crippen LogP) is 2.48. The molecule has 0 atom stereocenters. The molecule has 5 nitrogen and oxygen atoms in total. The van der Waals surface area contributed by atoms with Crippen LogP contribution in [0.4, 0.5) is 4.79 Å². The van der Waals surface area contributed by atoms with Gasteiger partial charge in [0.1, 0.15) is 6.54 Å². The third-order valence-electron chi connectivity index (χ3n) is 3.11. The van der Waals surface area contributed by atoms with Crippen LogP contribution < -0.4 is 5.32 Å². The molecule has 0 saturated heterocycles. The van der Waals surface area contributed by atoms with Crippen LogP contribution in [0.1, 0.15) is 11.1 Å². The van der Waals surface area contributed by atoms with Gasteiger partial charge in [-0.25, -0.2) is 4.79 Å². The van der Waals surface area contributed by atoms with E-state index in [-0.39, 0.29) is 6.54 Å². The van der Waals surface area contributed by atoms with E-state index in [1.165, 1.54) is 0 Å². The number of carbonyl (C=O) groups is 2. The molecule has 0 aliphatic heterocycles. The molecule has 0 spiro atoms. The van der Waals surface area contributed by atoms with Crippen LogP contribution in [0.5, 0.6) is 0 Å². The smallest absolute Gasteiger partial charge is 0.323 e. The highest BCUT2D eigenvalue weighted by Crippen LogP contribution is 2.10. The van der Waals surface area contributed by atoms with Gasteiger partial charge in [0.2, 0.25) is 0 Å². The van der Waals surface area contributed by atoms with Crippen molar-refractivity contribution >= 4 is 12.0 Å². The molecule has 5 heteroatoms. The summed E-state index contributed by atoms with van der Waals surface area (Å²) in [6.07, 6.45) is 0. The van der Waals surface area contributed by atoms with E-state index in [1.54, 1.807) is 4.90 Å². The fraction of sp³-hybridized carbons (Fsp3) is 0.176. The molecule has 2 N–H and O–H groups in total. The Labute approximate surface area is 129 Å². The number of carboxylic acid groups (broad SMARTS) is 1.